The van der Waals surface area contributed by atoms with Gasteiger partial charge in [-0.3, -0.25) is 4.79 Å². The molecular formula is C14H14F3NO3. The van der Waals surface area contributed by atoms with Gasteiger partial charge in [-0.2, -0.15) is 13.2 Å². The molecule has 0 bridgehead atoms. The van der Waals surface area contributed by atoms with Gasteiger partial charge in [-0.15, -0.1) is 0 Å². The summed E-state index contributed by atoms with van der Waals surface area (Å²) in [5.41, 5.74) is 0.910. The van der Waals surface area contributed by atoms with E-state index >= 15 is 0 Å². The molecule has 1 heterocycles. The standard InChI is InChI=1S/C14H14F3NO3/c15-14(16,17)13(21)18-8-10(7-11(18)12(19)20)6-9-4-2-1-3-5-9/h1-5,10-11H,6-8H2,(H,19,20)/t10-,11-/m0/s1. The average Bonchev–Trinajstić information content (AvgIpc) is 2.82. The predicted molar refractivity (Wildman–Crippen MR) is 67.4 cm³/mol. The number of halogens is 3. The Balaban J connectivity index is 2.12. The van der Waals surface area contributed by atoms with E-state index in [0.29, 0.717) is 11.3 Å². The normalized spacial score (nSPS) is 22.3. The highest BCUT2D eigenvalue weighted by Gasteiger charge is 2.49. The van der Waals surface area contributed by atoms with E-state index in [1.807, 2.05) is 18.2 Å². The number of alkyl halides is 3. The van der Waals surface area contributed by atoms with Crippen LogP contribution in [-0.4, -0.2) is 40.6 Å². The molecule has 114 valence electrons. The van der Waals surface area contributed by atoms with Crippen molar-refractivity contribution in [1.29, 1.82) is 0 Å². The molecule has 4 nitrogen and oxygen atoms in total. The third-order valence-electron chi connectivity index (χ3n) is 3.54. The number of carbonyl (C=O) groups excluding carboxylic acids is 1. The number of hydrogen-bond acceptors (Lipinski definition) is 2. The van der Waals surface area contributed by atoms with Gasteiger partial charge < -0.3 is 10.0 Å². The van der Waals surface area contributed by atoms with E-state index < -0.39 is 24.1 Å². The number of carboxylic acid groups (broad SMARTS) is 1. The molecule has 0 saturated carbocycles. The van der Waals surface area contributed by atoms with E-state index in [1.165, 1.54) is 0 Å². The summed E-state index contributed by atoms with van der Waals surface area (Å²) in [6, 6.07) is 7.66. The number of aliphatic carboxylic acids is 1. The van der Waals surface area contributed by atoms with Gasteiger partial charge in [0.1, 0.15) is 6.04 Å². The van der Waals surface area contributed by atoms with Crippen molar-refractivity contribution in [2.45, 2.75) is 25.1 Å². The summed E-state index contributed by atoms with van der Waals surface area (Å²) in [6.45, 7) is -0.190. The largest absolute Gasteiger partial charge is 0.480 e. The van der Waals surface area contributed by atoms with Gasteiger partial charge in [0.25, 0.3) is 0 Å². The van der Waals surface area contributed by atoms with E-state index in [9.17, 15) is 22.8 Å². The molecule has 0 unspecified atom stereocenters. The van der Waals surface area contributed by atoms with E-state index in [0.717, 1.165) is 5.56 Å². The SMILES string of the molecule is O=C(O)[C@@H]1C[C@H](Cc2ccccc2)CN1C(=O)C(F)(F)F. The molecule has 2 atom stereocenters. The summed E-state index contributed by atoms with van der Waals surface area (Å²) in [5.74, 6) is -3.77. The molecule has 0 aliphatic carbocycles. The Morgan fingerprint density at radius 3 is 2.38 bits per heavy atom. The van der Waals surface area contributed by atoms with Crippen molar-refractivity contribution in [2.24, 2.45) is 5.92 Å². The first-order chi connectivity index (χ1) is 9.79. The van der Waals surface area contributed by atoms with Gasteiger partial charge in [0.05, 0.1) is 0 Å². The minimum absolute atomic E-state index is 0.0338. The van der Waals surface area contributed by atoms with Gasteiger partial charge in [-0.05, 0) is 24.3 Å². The summed E-state index contributed by atoms with van der Waals surface area (Å²) in [6.07, 6.45) is -4.56. The van der Waals surface area contributed by atoms with Crippen LogP contribution in [0.3, 0.4) is 0 Å². The smallest absolute Gasteiger partial charge is 0.471 e. The molecule has 1 fully saturated rings. The van der Waals surface area contributed by atoms with Crippen molar-refractivity contribution in [2.75, 3.05) is 6.54 Å². The number of hydrogen-bond donors (Lipinski definition) is 1. The highest BCUT2D eigenvalue weighted by Crippen LogP contribution is 2.30. The molecule has 1 N–H and O–H groups in total. The summed E-state index contributed by atoms with van der Waals surface area (Å²) in [7, 11) is 0. The Morgan fingerprint density at radius 2 is 1.86 bits per heavy atom. The molecule has 0 radical (unpaired) electrons. The fraction of sp³-hybridized carbons (Fsp3) is 0.429. The van der Waals surface area contributed by atoms with Crippen molar-refractivity contribution in [3.8, 4) is 0 Å². The fourth-order valence-corrected chi connectivity index (χ4v) is 2.64. The molecule has 1 aromatic carbocycles. The zero-order valence-corrected chi connectivity index (χ0v) is 11.0. The van der Waals surface area contributed by atoms with Crippen molar-refractivity contribution in [3.05, 3.63) is 35.9 Å². The Labute approximate surface area is 119 Å². The van der Waals surface area contributed by atoms with Crippen molar-refractivity contribution in [3.63, 3.8) is 0 Å². The molecule has 1 saturated heterocycles. The minimum atomic E-state index is -5.05. The second-order valence-electron chi connectivity index (χ2n) is 5.10. The summed E-state index contributed by atoms with van der Waals surface area (Å²) in [4.78, 5) is 22.8. The zero-order valence-electron chi connectivity index (χ0n) is 11.0. The molecule has 1 aromatic rings. The maximum Gasteiger partial charge on any atom is 0.471 e. The number of likely N-dealkylation sites (tertiary alicyclic amines) is 1. The predicted octanol–water partition coefficient (Wildman–Crippen LogP) is 2.09. The number of carbonyl (C=O) groups is 2. The monoisotopic (exact) mass is 301 g/mol. The quantitative estimate of drug-likeness (QED) is 0.930. The molecule has 1 amide bonds. The van der Waals surface area contributed by atoms with Crippen LogP contribution in [0.15, 0.2) is 30.3 Å². The highest BCUT2D eigenvalue weighted by atomic mass is 19.4. The van der Waals surface area contributed by atoms with Gasteiger partial charge >= 0.3 is 18.1 Å². The third-order valence-corrected chi connectivity index (χ3v) is 3.54. The molecule has 1 aliphatic rings. The van der Waals surface area contributed by atoms with E-state index in [-0.39, 0.29) is 18.9 Å². The summed E-state index contributed by atoms with van der Waals surface area (Å²) in [5, 5.41) is 9.02. The van der Waals surface area contributed by atoms with Crippen molar-refractivity contribution >= 4 is 11.9 Å². The lowest BCUT2D eigenvalue weighted by molar-refractivity contribution is -0.188. The lowest BCUT2D eigenvalue weighted by Crippen LogP contribution is -2.46. The summed E-state index contributed by atoms with van der Waals surface area (Å²) >= 11 is 0. The second kappa shape index (κ2) is 5.75. The van der Waals surface area contributed by atoms with E-state index in [4.69, 9.17) is 5.11 Å². The lowest BCUT2D eigenvalue weighted by Gasteiger charge is -2.22. The molecule has 0 spiro atoms. The van der Waals surface area contributed by atoms with Crippen molar-refractivity contribution < 1.29 is 27.9 Å². The first-order valence-corrected chi connectivity index (χ1v) is 6.43. The Kier molecular flexibility index (Phi) is 4.20. The van der Waals surface area contributed by atoms with Crippen LogP contribution in [0.1, 0.15) is 12.0 Å². The van der Waals surface area contributed by atoms with Crippen LogP contribution in [0.25, 0.3) is 0 Å². The Morgan fingerprint density at radius 1 is 1.24 bits per heavy atom. The molecule has 2 rings (SSSR count). The molecule has 0 aromatic heterocycles. The summed E-state index contributed by atoms with van der Waals surface area (Å²) < 4.78 is 37.5. The zero-order chi connectivity index (χ0) is 15.6. The lowest BCUT2D eigenvalue weighted by atomic mass is 9.97. The van der Waals surface area contributed by atoms with E-state index in [1.54, 1.807) is 12.1 Å². The van der Waals surface area contributed by atoms with Crippen LogP contribution in [0, 0.1) is 5.92 Å². The Bertz CT molecular complexity index is 530. The maximum absolute atomic E-state index is 12.5. The van der Waals surface area contributed by atoms with Crippen LogP contribution in [0.2, 0.25) is 0 Å². The molecule has 1 aliphatic heterocycles. The number of nitrogens with zero attached hydrogens (tertiary/aromatic N) is 1. The fourth-order valence-electron chi connectivity index (χ4n) is 2.64. The van der Waals surface area contributed by atoms with Crippen LogP contribution in [-0.2, 0) is 16.0 Å². The highest BCUT2D eigenvalue weighted by molar-refractivity contribution is 5.87. The van der Waals surface area contributed by atoms with Crippen LogP contribution >= 0.6 is 0 Å². The Hall–Kier alpha value is -2.05. The second-order valence-corrected chi connectivity index (χ2v) is 5.10. The maximum atomic E-state index is 12.5. The first kappa shape index (κ1) is 15.3. The van der Waals surface area contributed by atoms with Gasteiger partial charge in [0.15, 0.2) is 0 Å². The van der Waals surface area contributed by atoms with Gasteiger partial charge in [-0.25, -0.2) is 4.79 Å². The van der Waals surface area contributed by atoms with E-state index in [2.05, 4.69) is 0 Å². The average molecular weight is 301 g/mol. The first-order valence-electron chi connectivity index (χ1n) is 6.43. The van der Waals surface area contributed by atoms with Crippen LogP contribution in [0.5, 0.6) is 0 Å². The van der Waals surface area contributed by atoms with Crippen LogP contribution < -0.4 is 0 Å². The number of rotatable bonds is 3. The minimum Gasteiger partial charge on any atom is -0.480 e. The molecule has 7 heteroatoms. The number of benzene rings is 1. The van der Waals surface area contributed by atoms with Crippen molar-refractivity contribution in [1.82, 2.24) is 4.90 Å². The van der Waals surface area contributed by atoms with Crippen LogP contribution in [0.4, 0.5) is 13.2 Å². The number of amides is 1. The topological polar surface area (TPSA) is 57.6 Å². The van der Waals surface area contributed by atoms with Gasteiger partial charge in [-0.1, -0.05) is 30.3 Å². The number of carboxylic acids is 1. The van der Waals surface area contributed by atoms with Gasteiger partial charge in [0.2, 0.25) is 0 Å². The molecule has 21 heavy (non-hydrogen) atoms. The van der Waals surface area contributed by atoms with Gasteiger partial charge in [0, 0.05) is 6.54 Å². The third kappa shape index (κ3) is 3.53. The molecular weight excluding hydrogens is 287 g/mol.